The summed E-state index contributed by atoms with van der Waals surface area (Å²) >= 11 is 0. The van der Waals surface area contributed by atoms with Crippen molar-refractivity contribution in [1.82, 2.24) is 5.16 Å². The van der Waals surface area contributed by atoms with E-state index in [9.17, 15) is 0 Å². The van der Waals surface area contributed by atoms with Crippen LogP contribution in [0.5, 0.6) is 0 Å². The summed E-state index contributed by atoms with van der Waals surface area (Å²) in [5.74, 6) is 7.31. The van der Waals surface area contributed by atoms with Gasteiger partial charge in [0.2, 0.25) is 0 Å². The van der Waals surface area contributed by atoms with Crippen molar-refractivity contribution in [3.63, 3.8) is 0 Å². The van der Waals surface area contributed by atoms with Crippen LogP contribution < -0.4 is 0 Å². The van der Waals surface area contributed by atoms with Crippen LogP contribution >= 0.6 is 0 Å². The molecule has 0 radical (unpaired) electrons. The Morgan fingerprint density at radius 3 is 1.96 bits per heavy atom. The van der Waals surface area contributed by atoms with Gasteiger partial charge in [-0.3, -0.25) is 0 Å². The van der Waals surface area contributed by atoms with Crippen molar-refractivity contribution in [3.8, 4) is 34.4 Å². The molecule has 0 saturated heterocycles. The first-order valence-electron chi connectivity index (χ1n) is 7.68. The SMILES string of the molecule is CC(C)(C)C#Cc1c(-c2ccccc2)noc1-c1ccccc1. The maximum atomic E-state index is 5.65. The summed E-state index contributed by atoms with van der Waals surface area (Å²) in [5, 5.41) is 4.29. The Labute approximate surface area is 137 Å². The molecule has 0 aliphatic carbocycles. The van der Waals surface area contributed by atoms with E-state index >= 15 is 0 Å². The van der Waals surface area contributed by atoms with Gasteiger partial charge in [-0.2, -0.15) is 0 Å². The fraction of sp³-hybridized carbons (Fsp3) is 0.190. The van der Waals surface area contributed by atoms with Crippen LogP contribution in [0.4, 0.5) is 0 Å². The predicted octanol–water partition coefficient (Wildman–Crippen LogP) is 5.41. The summed E-state index contributed by atoms with van der Waals surface area (Å²) in [6.45, 7) is 6.29. The molecule has 0 spiro atoms. The van der Waals surface area contributed by atoms with Gasteiger partial charge in [0.05, 0.1) is 0 Å². The van der Waals surface area contributed by atoms with E-state index in [0.717, 1.165) is 28.1 Å². The Kier molecular flexibility index (Phi) is 4.04. The van der Waals surface area contributed by atoms with Gasteiger partial charge < -0.3 is 4.52 Å². The van der Waals surface area contributed by atoms with Gasteiger partial charge in [-0.05, 0) is 20.8 Å². The van der Waals surface area contributed by atoms with Crippen molar-refractivity contribution >= 4 is 0 Å². The van der Waals surface area contributed by atoms with Crippen LogP contribution in [-0.2, 0) is 0 Å². The molecule has 0 saturated carbocycles. The molecule has 0 aliphatic heterocycles. The maximum Gasteiger partial charge on any atom is 0.183 e. The number of aromatic nitrogens is 1. The smallest absolute Gasteiger partial charge is 0.183 e. The van der Waals surface area contributed by atoms with Gasteiger partial charge >= 0.3 is 0 Å². The third-order valence-electron chi connectivity index (χ3n) is 3.34. The molecule has 1 heterocycles. The summed E-state index contributed by atoms with van der Waals surface area (Å²) in [5.41, 5.74) is 3.55. The van der Waals surface area contributed by atoms with Crippen LogP contribution in [-0.4, -0.2) is 5.16 Å². The average molecular weight is 301 g/mol. The molecule has 2 nitrogen and oxygen atoms in total. The number of nitrogens with zero attached hydrogens (tertiary/aromatic N) is 1. The molecule has 0 N–H and O–H groups in total. The zero-order valence-corrected chi connectivity index (χ0v) is 13.6. The second-order valence-corrected chi connectivity index (χ2v) is 6.47. The van der Waals surface area contributed by atoms with Gasteiger partial charge in [-0.15, -0.1) is 0 Å². The summed E-state index contributed by atoms with van der Waals surface area (Å²) < 4.78 is 5.65. The normalized spacial score (nSPS) is 10.9. The fourth-order valence-corrected chi connectivity index (χ4v) is 2.24. The quantitative estimate of drug-likeness (QED) is 0.592. The van der Waals surface area contributed by atoms with Crippen molar-refractivity contribution in [3.05, 3.63) is 66.2 Å². The van der Waals surface area contributed by atoms with E-state index < -0.39 is 0 Å². The summed E-state index contributed by atoms with van der Waals surface area (Å²) in [4.78, 5) is 0. The summed E-state index contributed by atoms with van der Waals surface area (Å²) in [6, 6.07) is 20.0. The van der Waals surface area contributed by atoms with Gasteiger partial charge in [0.1, 0.15) is 11.3 Å². The van der Waals surface area contributed by atoms with E-state index in [0.29, 0.717) is 0 Å². The molecular weight excluding hydrogens is 282 g/mol. The maximum absolute atomic E-state index is 5.65. The first-order valence-corrected chi connectivity index (χ1v) is 7.68. The van der Waals surface area contributed by atoms with Crippen molar-refractivity contribution in [1.29, 1.82) is 0 Å². The van der Waals surface area contributed by atoms with Gasteiger partial charge in [0, 0.05) is 16.5 Å². The third kappa shape index (κ3) is 3.52. The van der Waals surface area contributed by atoms with Crippen LogP contribution in [0.3, 0.4) is 0 Å². The Morgan fingerprint density at radius 2 is 1.39 bits per heavy atom. The Bertz CT molecular complexity index is 787. The van der Waals surface area contributed by atoms with Crippen molar-refractivity contribution in [2.75, 3.05) is 0 Å². The van der Waals surface area contributed by atoms with E-state index in [1.807, 2.05) is 60.7 Å². The van der Waals surface area contributed by atoms with Crippen LogP contribution in [0.1, 0.15) is 26.3 Å². The highest BCUT2D eigenvalue weighted by Crippen LogP contribution is 2.31. The lowest BCUT2D eigenvalue weighted by atomic mass is 9.96. The summed E-state index contributed by atoms with van der Waals surface area (Å²) in [7, 11) is 0. The number of benzene rings is 2. The molecule has 0 unspecified atom stereocenters. The minimum absolute atomic E-state index is 0.0841. The average Bonchev–Trinajstić information content (AvgIpc) is 2.98. The first-order chi connectivity index (χ1) is 11.0. The Balaban J connectivity index is 2.18. The van der Waals surface area contributed by atoms with Crippen molar-refractivity contribution in [2.45, 2.75) is 20.8 Å². The standard InChI is InChI=1S/C21H19NO/c1-21(2,3)15-14-18-19(16-10-6-4-7-11-16)22-23-20(18)17-12-8-5-9-13-17/h4-13H,1-3H3. The minimum atomic E-state index is -0.0841. The third-order valence-corrected chi connectivity index (χ3v) is 3.34. The molecule has 0 aliphatic rings. The molecule has 2 heteroatoms. The molecule has 0 atom stereocenters. The summed E-state index contributed by atoms with van der Waals surface area (Å²) in [6.07, 6.45) is 0. The lowest BCUT2D eigenvalue weighted by Crippen LogP contribution is -1.99. The topological polar surface area (TPSA) is 26.0 Å². The number of hydrogen-bond acceptors (Lipinski definition) is 2. The largest absolute Gasteiger partial charge is 0.354 e. The molecule has 114 valence electrons. The van der Waals surface area contributed by atoms with E-state index in [4.69, 9.17) is 4.52 Å². The molecule has 0 bridgehead atoms. The molecule has 3 aromatic rings. The predicted molar refractivity (Wildman–Crippen MR) is 93.7 cm³/mol. The fourth-order valence-electron chi connectivity index (χ4n) is 2.24. The zero-order valence-electron chi connectivity index (χ0n) is 13.6. The molecule has 23 heavy (non-hydrogen) atoms. The number of rotatable bonds is 2. The van der Waals surface area contributed by atoms with Crippen LogP contribution in [0.2, 0.25) is 0 Å². The van der Waals surface area contributed by atoms with E-state index in [-0.39, 0.29) is 5.41 Å². The second kappa shape index (κ2) is 6.14. The van der Waals surface area contributed by atoms with Gasteiger partial charge in [-0.25, -0.2) is 0 Å². The molecule has 0 amide bonds. The van der Waals surface area contributed by atoms with Gasteiger partial charge in [0.15, 0.2) is 5.76 Å². The van der Waals surface area contributed by atoms with Crippen LogP contribution in [0.15, 0.2) is 65.2 Å². The highest BCUT2D eigenvalue weighted by atomic mass is 16.5. The minimum Gasteiger partial charge on any atom is -0.354 e. The highest BCUT2D eigenvalue weighted by Gasteiger charge is 2.18. The second-order valence-electron chi connectivity index (χ2n) is 6.47. The Hall–Kier alpha value is -2.79. The lowest BCUT2D eigenvalue weighted by molar-refractivity contribution is 0.435. The molecular formula is C21H19NO. The van der Waals surface area contributed by atoms with Crippen molar-refractivity contribution in [2.24, 2.45) is 5.41 Å². The van der Waals surface area contributed by atoms with E-state index in [1.54, 1.807) is 0 Å². The molecule has 0 fully saturated rings. The molecule has 1 aromatic heterocycles. The van der Waals surface area contributed by atoms with Crippen molar-refractivity contribution < 1.29 is 4.52 Å². The first kappa shape index (κ1) is 15.1. The van der Waals surface area contributed by atoms with Gasteiger partial charge in [-0.1, -0.05) is 77.7 Å². The highest BCUT2D eigenvalue weighted by molar-refractivity contribution is 5.77. The molecule has 3 rings (SSSR count). The van der Waals surface area contributed by atoms with Gasteiger partial charge in [0.25, 0.3) is 0 Å². The van der Waals surface area contributed by atoms with E-state index in [2.05, 4.69) is 37.8 Å². The Morgan fingerprint density at radius 1 is 0.826 bits per heavy atom. The van der Waals surface area contributed by atoms with E-state index in [1.165, 1.54) is 0 Å². The molecule has 2 aromatic carbocycles. The van der Waals surface area contributed by atoms with Crippen LogP contribution in [0.25, 0.3) is 22.6 Å². The monoisotopic (exact) mass is 301 g/mol. The van der Waals surface area contributed by atoms with Crippen LogP contribution in [0, 0.1) is 17.3 Å². The zero-order chi connectivity index (χ0) is 16.3. The lowest BCUT2D eigenvalue weighted by Gasteiger charge is -2.07. The number of hydrogen-bond donors (Lipinski definition) is 0.